The molecule has 88 valence electrons. The van der Waals surface area contributed by atoms with E-state index in [0.29, 0.717) is 6.54 Å². The van der Waals surface area contributed by atoms with E-state index in [1.54, 1.807) is 0 Å². The molecule has 0 spiro atoms. The van der Waals surface area contributed by atoms with Crippen LogP contribution in [-0.4, -0.2) is 6.61 Å². The molecule has 1 aromatic rings. The van der Waals surface area contributed by atoms with E-state index in [9.17, 15) is 0 Å². The van der Waals surface area contributed by atoms with Gasteiger partial charge < -0.3 is 10.5 Å². The van der Waals surface area contributed by atoms with E-state index in [2.05, 4.69) is 15.9 Å². The Kier molecular flexibility index (Phi) is 4.24. The molecule has 0 atom stereocenters. The lowest BCUT2D eigenvalue weighted by Crippen LogP contribution is -2.15. The molecule has 0 unspecified atom stereocenters. The molecule has 0 radical (unpaired) electrons. The van der Waals surface area contributed by atoms with E-state index in [4.69, 9.17) is 10.5 Å². The van der Waals surface area contributed by atoms with Crippen molar-refractivity contribution in [1.29, 1.82) is 0 Å². The van der Waals surface area contributed by atoms with Crippen molar-refractivity contribution in [2.45, 2.75) is 32.2 Å². The zero-order valence-electron chi connectivity index (χ0n) is 9.42. The first-order valence-corrected chi connectivity index (χ1v) is 6.70. The normalized spacial score (nSPS) is 15.9. The van der Waals surface area contributed by atoms with Crippen molar-refractivity contribution in [3.05, 3.63) is 28.2 Å². The maximum Gasteiger partial charge on any atom is 0.123 e. The Hall–Kier alpha value is -0.540. The molecule has 1 saturated carbocycles. The van der Waals surface area contributed by atoms with Crippen LogP contribution in [0.1, 0.15) is 31.2 Å². The summed E-state index contributed by atoms with van der Waals surface area (Å²) in [7, 11) is 0. The van der Waals surface area contributed by atoms with Crippen LogP contribution in [0.2, 0.25) is 0 Å². The highest BCUT2D eigenvalue weighted by molar-refractivity contribution is 9.10. The lowest BCUT2D eigenvalue weighted by Gasteiger charge is -2.25. The number of benzene rings is 1. The Morgan fingerprint density at radius 1 is 1.38 bits per heavy atom. The third-order valence-corrected chi connectivity index (χ3v) is 3.74. The summed E-state index contributed by atoms with van der Waals surface area (Å²) in [6.07, 6.45) is 5.35. The second-order valence-electron chi connectivity index (χ2n) is 4.39. The van der Waals surface area contributed by atoms with Gasteiger partial charge in [-0.1, -0.05) is 35.2 Å². The molecule has 1 aliphatic carbocycles. The molecule has 0 aliphatic heterocycles. The van der Waals surface area contributed by atoms with Crippen LogP contribution in [0.25, 0.3) is 0 Å². The number of hydrogen-bond donors (Lipinski definition) is 1. The minimum Gasteiger partial charge on any atom is -0.493 e. The molecule has 0 saturated heterocycles. The minimum atomic E-state index is 0.526. The molecule has 0 amide bonds. The van der Waals surface area contributed by atoms with Crippen LogP contribution < -0.4 is 10.5 Å². The van der Waals surface area contributed by atoms with E-state index in [-0.39, 0.29) is 0 Å². The molecule has 2 N–H and O–H groups in total. The van der Waals surface area contributed by atoms with E-state index >= 15 is 0 Å². The fraction of sp³-hybridized carbons (Fsp3) is 0.538. The largest absolute Gasteiger partial charge is 0.493 e. The predicted molar refractivity (Wildman–Crippen MR) is 69.5 cm³/mol. The first-order valence-electron chi connectivity index (χ1n) is 5.91. The van der Waals surface area contributed by atoms with Gasteiger partial charge in [-0.05, 0) is 30.5 Å². The summed E-state index contributed by atoms with van der Waals surface area (Å²) in [5.74, 6) is 1.83. The van der Waals surface area contributed by atoms with Gasteiger partial charge in [-0.2, -0.15) is 0 Å². The summed E-state index contributed by atoms with van der Waals surface area (Å²) in [5.41, 5.74) is 6.76. The van der Waals surface area contributed by atoms with Crippen LogP contribution in [0, 0.1) is 5.92 Å². The Labute approximate surface area is 105 Å². The molecule has 0 bridgehead atoms. The minimum absolute atomic E-state index is 0.526. The first kappa shape index (κ1) is 11.9. The molecule has 1 fully saturated rings. The van der Waals surface area contributed by atoms with Crippen molar-refractivity contribution in [3.63, 3.8) is 0 Å². The fourth-order valence-electron chi connectivity index (χ4n) is 1.97. The molecule has 1 aromatic carbocycles. The zero-order valence-corrected chi connectivity index (χ0v) is 11.0. The third-order valence-electron chi connectivity index (χ3n) is 3.25. The number of nitrogens with two attached hydrogens (primary N) is 1. The van der Waals surface area contributed by atoms with Gasteiger partial charge in [0.25, 0.3) is 0 Å². The summed E-state index contributed by atoms with van der Waals surface area (Å²) in [5, 5.41) is 0. The van der Waals surface area contributed by atoms with E-state index in [1.807, 2.05) is 18.2 Å². The summed E-state index contributed by atoms with van der Waals surface area (Å²) in [4.78, 5) is 0. The van der Waals surface area contributed by atoms with Gasteiger partial charge in [0.15, 0.2) is 0 Å². The Morgan fingerprint density at radius 2 is 2.19 bits per heavy atom. The summed E-state index contributed by atoms with van der Waals surface area (Å²) in [6, 6.07) is 6.02. The van der Waals surface area contributed by atoms with Gasteiger partial charge in [-0.25, -0.2) is 0 Å². The Balaban J connectivity index is 1.87. The van der Waals surface area contributed by atoms with Gasteiger partial charge in [0.1, 0.15) is 5.75 Å². The maximum absolute atomic E-state index is 5.79. The summed E-state index contributed by atoms with van der Waals surface area (Å²) < 4.78 is 6.84. The topological polar surface area (TPSA) is 35.2 Å². The smallest absolute Gasteiger partial charge is 0.123 e. The average molecular weight is 284 g/mol. The molecule has 0 aromatic heterocycles. The van der Waals surface area contributed by atoms with Gasteiger partial charge in [0.2, 0.25) is 0 Å². The number of ether oxygens (including phenoxy) is 1. The van der Waals surface area contributed by atoms with Gasteiger partial charge in [0.05, 0.1) is 6.61 Å². The lowest BCUT2D eigenvalue weighted by molar-refractivity contribution is 0.221. The van der Waals surface area contributed by atoms with Crippen molar-refractivity contribution in [2.24, 2.45) is 11.7 Å². The molecular formula is C13H18BrNO. The molecular weight excluding hydrogens is 266 g/mol. The molecule has 1 aliphatic rings. The third kappa shape index (κ3) is 2.98. The van der Waals surface area contributed by atoms with Gasteiger partial charge in [0, 0.05) is 16.6 Å². The lowest BCUT2D eigenvalue weighted by atomic mass is 9.83. The van der Waals surface area contributed by atoms with Crippen LogP contribution in [0.15, 0.2) is 22.7 Å². The van der Waals surface area contributed by atoms with E-state index in [0.717, 1.165) is 28.3 Å². The number of hydrogen-bond acceptors (Lipinski definition) is 2. The summed E-state index contributed by atoms with van der Waals surface area (Å²) in [6.45, 7) is 1.34. The van der Waals surface area contributed by atoms with Crippen molar-refractivity contribution >= 4 is 15.9 Å². The van der Waals surface area contributed by atoms with Gasteiger partial charge in [-0.15, -0.1) is 0 Å². The monoisotopic (exact) mass is 283 g/mol. The predicted octanol–water partition coefficient (Wildman–Crippen LogP) is 3.48. The van der Waals surface area contributed by atoms with Crippen molar-refractivity contribution in [3.8, 4) is 5.75 Å². The van der Waals surface area contributed by atoms with Crippen LogP contribution in [0.4, 0.5) is 0 Å². The standard InChI is InChI=1S/C13H18BrNO/c14-12-4-5-13(11(8-12)9-15)16-7-6-10-2-1-3-10/h4-5,8,10H,1-3,6-7,9,15H2. The highest BCUT2D eigenvalue weighted by Crippen LogP contribution is 2.30. The van der Waals surface area contributed by atoms with Gasteiger partial charge in [-0.3, -0.25) is 0 Å². The second-order valence-corrected chi connectivity index (χ2v) is 5.31. The van der Waals surface area contributed by atoms with Crippen molar-refractivity contribution < 1.29 is 4.74 Å². The molecule has 3 heteroatoms. The summed E-state index contributed by atoms with van der Waals surface area (Å²) >= 11 is 3.44. The van der Waals surface area contributed by atoms with Crippen LogP contribution in [0.5, 0.6) is 5.75 Å². The fourth-order valence-corrected chi connectivity index (χ4v) is 2.37. The van der Waals surface area contributed by atoms with Crippen LogP contribution >= 0.6 is 15.9 Å². The molecule has 0 heterocycles. The van der Waals surface area contributed by atoms with Crippen LogP contribution in [0.3, 0.4) is 0 Å². The molecule has 16 heavy (non-hydrogen) atoms. The second kappa shape index (κ2) is 5.69. The van der Waals surface area contributed by atoms with E-state index in [1.165, 1.54) is 25.7 Å². The average Bonchev–Trinajstić information content (AvgIpc) is 2.23. The SMILES string of the molecule is NCc1cc(Br)ccc1OCCC1CCC1. The Morgan fingerprint density at radius 3 is 2.81 bits per heavy atom. The van der Waals surface area contributed by atoms with Gasteiger partial charge >= 0.3 is 0 Å². The molecule has 2 nitrogen and oxygen atoms in total. The highest BCUT2D eigenvalue weighted by atomic mass is 79.9. The highest BCUT2D eigenvalue weighted by Gasteiger charge is 2.17. The zero-order chi connectivity index (χ0) is 11.4. The number of rotatable bonds is 5. The first-order chi connectivity index (χ1) is 7.79. The van der Waals surface area contributed by atoms with Crippen molar-refractivity contribution in [1.82, 2.24) is 0 Å². The van der Waals surface area contributed by atoms with Crippen LogP contribution in [-0.2, 0) is 6.54 Å². The Bertz CT molecular complexity index is 350. The maximum atomic E-state index is 5.79. The number of halogens is 1. The quantitative estimate of drug-likeness (QED) is 0.898. The van der Waals surface area contributed by atoms with Crippen molar-refractivity contribution in [2.75, 3.05) is 6.61 Å². The molecule has 2 rings (SSSR count). The van der Waals surface area contributed by atoms with E-state index < -0.39 is 0 Å².